The summed E-state index contributed by atoms with van der Waals surface area (Å²) in [7, 11) is 0. The number of carbonyl (C=O) groups excluding carboxylic acids is 1. The first-order valence-electron chi connectivity index (χ1n) is 5.97. The molecule has 0 aliphatic rings. The highest BCUT2D eigenvalue weighted by Gasteiger charge is 2.12. The number of hydrogen-bond acceptors (Lipinski definition) is 1. The Bertz CT molecular complexity index is 780. The van der Waals surface area contributed by atoms with E-state index < -0.39 is 0 Å². The molecule has 0 spiro atoms. The molecule has 2 N–H and O–H groups in total. The molecule has 0 bridgehead atoms. The van der Waals surface area contributed by atoms with Crippen LogP contribution in [0.2, 0.25) is 5.02 Å². The molecule has 0 fully saturated rings. The van der Waals surface area contributed by atoms with E-state index >= 15 is 0 Å². The van der Waals surface area contributed by atoms with Crippen molar-refractivity contribution < 1.29 is 9.18 Å². The highest BCUT2D eigenvalue weighted by molar-refractivity contribution is 6.30. The zero-order valence-electron chi connectivity index (χ0n) is 10.3. The molecular weight excluding hydrogens is 279 g/mol. The van der Waals surface area contributed by atoms with Gasteiger partial charge in [0.1, 0.15) is 5.82 Å². The van der Waals surface area contributed by atoms with Crippen molar-refractivity contribution in [1.82, 2.24) is 4.98 Å². The van der Waals surface area contributed by atoms with E-state index in [0.29, 0.717) is 27.2 Å². The number of benzene rings is 2. The quantitative estimate of drug-likeness (QED) is 0.729. The van der Waals surface area contributed by atoms with Gasteiger partial charge in [-0.05, 0) is 42.5 Å². The van der Waals surface area contributed by atoms with Crippen molar-refractivity contribution >= 4 is 34.1 Å². The largest absolute Gasteiger partial charge is 0.360 e. The van der Waals surface area contributed by atoms with Crippen LogP contribution in [0.25, 0.3) is 10.9 Å². The molecule has 0 atom stereocenters. The number of hydrogen-bond donors (Lipinski definition) is 2. The third-order valence-corrected chi connectivity index (χ3v) is 3.24. The molecule has 1 amide bonds. The Hall–Kier alpha value is -2.33. The third-order valence-electron chi connectivity index (χ3n) is 2.99. The summed E-state index contributed by atoms with van der Waals surface area (Å²) in [5.74, 6) is -0.603. The second-order valence-corrected chi connectivity index (χ2v) is 4.79. The molecule has 0 saturated carbocycles. The summed E-state index contributed by atoms with van der Waals surface area (Å²) < 4.78 is 13.1. The molecule has 0 aliphatic carbocycles. The maximum atomic E-state index is 13.1. The van der Waals surface area contributed by atoms with Gasteiger partial charge in [0.25, 0.3) is 5.91 Å². The number of H-pyrrole nitrogens is 1. The Kier molecular flexibility index (Phi) is 3.16. The van der Waals surface area contributed by atoms with Gasteiger partial charge in [-0.15, -0.1) is 0 Å². The van der Waals surface area contributed by atoms with E-state index in [1.807, 2.05) is 0 Å². The van der Waals surface area contributed by atoms with Crippen LogP contribution >= 0.6 is 11.6 Å². The van der Waals surface area contributed by atoms with Crippen molar-refractivity contribution in [2.45, 2.75) is 0 Å². The number of nitrogens with one attached hydrogen (secondary N) is 2. The minimum absolute atomic E-state index is 0.259. The molecule has 20 heavy (non-hydrogen) atoms. The topological polar surface area (TPSA) is 44.9 Å². The Morgan fingerprint density at radius 1 is 1.15 bits per heavy atom. The summed E-state index contributed by atoms with van der Waals surface area (Å²) >= 11 is 5.79. The molecule has 3 rings (SSSR count). The zero-order valence-corrected chi connectivity index (χ0v) is 11.0. The van der Waals surface area contributed by atoms with Gasteiger partial charge in [-0.1, -0.05) is 11.6 Å². The normalized spacial score (nSPS) is 10.7. The Morgan fingerprint density at radius 3 is 2.65 bits per heavy atom. The van der Waals surface area contributed by atoms with Crippen LogP contribution < -0.4 is 5.32 Å². The van der Waals surface area contributed by atoms with Crippen molar-refractivity contribution in [2.75, 3.05) is 5.32 Å². The Balaban J connectivity index is 1.91. The maximum Gasteiger partial charge on any atom is 0.257 e. The van der Waals surface area contributed by atoms with Crippen molar-refractivity contribution in [3.05, 3.63) is 65.1 Å². The summed E-state index contributed by atoms with van der Waals surface area (Å²) in [6.07, 6.45) is 1.56. The second-order valence-electron chi connectivity index (χ2n) is 4.35. The standard InChI is InChI=1S/C15H10ClFN2O/c16-9-1-4-11(5-2-9)19-15(20)13-8-18-14-7-10(17)3-6-12(13)14/h1-8,18H,(H,19,20). The fourth-order valence-corrected chi connectivity index (χ4v) is 2.14. The Labute approximate surface area is 119 Å². The predicted octanol–water partition coefficient (Wildman–Crippen LogP) is 4.21. The molecule has 0 unspecified atom stereocenters. The van der Waals surface area contributed by atoms with E-state index in [1.54, 1.807) is 36.5 Å². The molecule has 1 heterocycles. The summed E-state index contributed by atoms with van der Waals surface area (Å²) in [5.41, 5.74) is 1.71. The minimum atomic E-state index is -0.344. The zero-order chi connectivity index (χ0) is 14.1. The molecule has 3 aromatic rings. The summed E-state index contributed by atoms with van der Waals surface area (Å²) in [5, 5.41) is 4.05. The lowest BCUT2D eigenvalue weighted by Gasteiger charge is -2.04. The molecule has 0 radical (unpaired) electrons. The van der Waals surface area contributed by atoms with Crippen molar-refractivity contribution in [2.24, 2.45) is 0 Å². The number of fused-ring (bicyclic) bond motifs is 1. The number of amides is 1. The van der Waals surface area contributed by atoms with Gasteiger partial charge in [0.15, 0.2) is 0 Å². The van der Waals surface area contributed by atoms with Crippen molar-refractivity contribution in [3.8, 4) is 0 Å². The molecule has 0 saturated heterocycles. The summed E-state index contributed by atoms with van der Waals surface area (Å²) in [6.45, 7) is 0. The van der Waals surface area contributed by atoms with Gasteiger partial charge < -0.3 is 10.3 Å². The number of aromatic nitrogens is 1. The minimum Gasteiger partial charge on any atom is -0.360 e. The van der Waals surface area contributed by atoms with Gasteiger partial charge >= 0.3 is 0 Å². The first-order chi connectivity index (χ1) is 9.63. The molecule has 1 aromatic heterocycles. The van der Waals surface area contributed by atoms with E-state index in [1.165, 1.54) is 12.1 Å². The first-order valence-corrected chi connectivity index (χ1v) is 6.35. The van der Waals surface area contributed by atoms with Crippen LogP contribution in [-0.4, -0.2) is 10.9 Å². The number of carbonyl (C=O) groups is 1. The SMILES string of the molecule is O=C(Nc1ccc(Cl)cc1)c1c[nH]c2cc(F)ccc12. The smallest absolute Gasteiger partial charge is 0.257 e. The molecule has 100 valence electrons. The molecule has 2 aromatic carbocycles. The van der Waals surface area contributed by atoms with E-state index in [4.69, 9.17) is 11.6 Å². The van der Waals surface area contributed by atoms with Crippen molar-refractivity contribution in [3.63, 3.8) is 0 Å². The highest BCUT2D eigenvalue weighted by Crippen LogP contribution is 2.21. The van der Waals surface area contributed by atoms with Crippen LogP contribution in [0.5, 0.6) is 0 Å². The lowest BCUT2D eigenvalue weighted by atomic mass is 10.1. The van der Waals surface area contributed by atoms with Crippen LogP contribution in [-0.2, 0) is 0 Å². The number of aromatic amines is 1. The Morgan fingerprint density at radius 2 is 1.90 bits per heavy atom. The average Bonchev–Trinajstić information content (AvgIpc) is 2.84. The van der Waals surface area contributed by atoms with Crippen LogP contribution in [0, 0.1) is 5.82 Å². The fourth-order valence-electron chi connectivity index (χ4n) is 2.02. The number of anilines is 1. The van der Waals surface area contributed by atoms with E-state index in [-0.39, 0.29) is 11.7 Å². The lowest BCUT2D eigenvalue weighted by molar-refractivity contribution is 0.102. The van der Waals surface area contributed by atoms with Gasteiger partial charge in [-0.3, -0.25) is 4.79 Å². The van der Waals surface area contributed by atoms with Gasteiger partial charge in [-0.2, -0.15) is 0 Å². The highest BCUT2D eigenvalue weighted by atomic mass is 35.5. The first kappa shape index (κ1) is 12.7. The molecule has 3 nitrogen and oxygen atoms in total. The van der Waals surface area contributed by atoms with E-state index in [9.17, 15) is 9.18 Å². The van der Waals surface area contributed by atoms with Gasteiger partial charge in [0, 0.05) is 27.8 Å². The van der Waals surface area contributed by atoms with Crippen LogP contribution in [0.4, 0.5) is 10.1 Å². The lowest BCUT2D eigenvalue weighted by Crippen LogP contribution is -2.11. The molecule has 5 heteroatoms. The van der Waals surface area contributed by atoms with Gasteiger partial charge in [0.05, 0.1) is 5.56 Å². The fraction of sp³-hybridized carbons (Fsp3) is 0. The molecule has 0 aliphatic heterocycles. The monoisotopic (exact) mass is 288 g/mol. The van der Waals surface area contributed by atoms with Crippen LogP contribution in [0.3, 0.4) is 0 Å². The number of rotatable bonds is 2. The van der Waals surface area contributed by atoms with Crippen LogP contribution in [0.15, 0.2) is 48.7 Å². The third kappa shape index (κ3) is 2.38. The van der Waals surface area contributed by atoms with Gasteiger partial charge in [0.2, 0.25) is 0 Å². The van der Waals surface area contributed by atoms with Crippen LogP contribution in [0.1, 0.15) is 10.4 Å². The second kappa shape index (κ2) is 4.98. The van der Waals surface area contributed by atoms with E-state index in [2.05, 4.69) is 10.3 Å². The average molecular weight is 289 g/mol. The molecular formula is C15H10ClFN2O. The summed E-state index contributed by atoms with van der Waals surface area (Å²) in [4.78, 5) is 15.1. The predicted molar refractivity (Wildman–Crippen MR) is 77.7 cm³/mol. The van der Waals surface area contributed by atoms with E-state index in [0.717, 1.165) is 0 Å². The maximum absolute atomic E-state index is 13.1. The summed E-state index contributed by atoms with van der Waals surface area (Å²) in [6, 6.07) is 11.1. The number of halogens is 2. The van der Waals surface area contributed by atoms with Crippen molar-refractivity contribution in [1.29, 1.82) is 0 Å². The van der Waals surface area contributed by atoms with Gasteiger partial charge in [-0.25, -0.2) is 4.39 Å².